The maximum atomic E-state index is 12.5. The molecule has 1 N–H and O–H groups in total. The number of nitrogens with one attached hydrogen (secondary N) is 1. The third kappa shape index (κ3) is 4.65. The summed E-state index contributed by atoms with van der Waals surface area (Å²) >= 11 is 0. The Balaban J connectivity index is 1.66. The van der Waals surface area contributed by atoms with Crippen LogP contribution in [0.2, 0.25) is 0 Å². The predicted octanol–water partition coefficient (Wildman–Crippen LogP) is 3.81. The largest absolute Gasteiger partial charge is 0.463 e. The molecule has 0 aliphatic carbocycles. The maximum Gasteiger partial charge on any atom is 0.330 e. The molecule has 0 aliphatic rings. The molecular weight excluding hydrogens is 354 g/mol. The van der Waals surface area contributed by atoms with Gasteiger partial charge in [-0.2, -0.15) is 0 Å². The summed E-state index contributed by atoms with van der Waals surface area (Å²) in [6.07, 6.45) is 3.81. The Kier molecular flexibility index (Phi) is 6.22. The fourth-order valence-corrected chi connectivity index (χ4v) is 2.95. The summed E-state index contributed by atoms with van der Waals surface area (Å²) in [5.74, 6) is 0.391. The molecule has 1 aromatic heterocycles. The van der Waals surface area contributed by atoms with Crippen molar-refractivity contribution in [2.45, 2.75) is 26.8 Å². The zero-order valence-electron chi connectivity index (χ0n) is 16.0. The van der Waals surface area contributed by atoms with Gasteiger partial charge in [-0.15, -0.1) is 0 Å². The van der Waals surface area contributed by atoms with Crippen LogP contribution in [0.15, 0.2) is 54.6 Å². The van der Waals surface area contributed by atoms with Crippen molar-refractivity contribution in [1.29, 1.82) is 0 Å². The zero-order valence-corrected chi connectivity index (χ0v) is 16.0. The lowest BCUT2D eigenvalue weighted by atomic mass is 10.2. The van der Waals surface area contributed by atoms with Crippen LogP contribution in [-0.2, 0) is 27.3 Å². The van der Waals surface area contributed by atoms with Crippen LogP contribution in [0, 0.1) is 0 Å². The molecule has 6 heteroatoms. The van der Waals surface area contributed by atoms with Gasteiger partial charge in [0.25, 0.3) is 0 Å². The Labute approximate surface area is 163 Å². The molecule has 0 atom stereocenters. The second kappa shape index (κ2) is 8.99. The average molecular weight is 377 g/mol. The molecule has 0 aliphatic heterocycles. The van der Waals surface area contributed by atoms with Gasteiger partial charge in [0.15, 0.2) is 0 Å². The average Bonchev–Trinajstić information content (AvgIpc) is 3.05. The van der Waals surface area contributed by atoms with E-state index in [1.165, 1.54) is 6.08 Å². The van der Waals surface area contributed by atoms with Gasteiger partial charge in [-0.3, -0.25) is 4.79 Å². The number of benzene rings is 2. The van der Waals surface area contributed by atoms with E-state index in [4.69, 9.17) is 4.74 Å². The van der Waals surface area contributed by atoms with Crippen molar-refractivity contribution in [2.75, 3.05) is 11.9 Å². The van der Waals surface area contributed by atoms with Crippen LogP contribution in [0.5, 0.6) is 0 Å². The molecule has 0 radical (unpaired) electrons. The summed E-state index contributed by atoms with van der Waals surface area (Å²) in [6.45, 7) is 4.34. The van der Waals surface area contributed by atoms with Gasteiger partial charge < -0.3 is 14.6 Å². The standard InChI is InChI=1S/C22H23N3O3/c1-3-20-24-18-7-5-6-8-19(18)25(20)15-21(26)23-17-12-9-16(10-13-17)11-14-22(27)28-4-2/h5-14H,3-4,15H2,1-2H3,(H,23,26)/b14-11+. The number of hydrogen-bond acceptors (Lipinski definition) is 4. The number of carbonyl (C=O) groups excluding carboxylic acids is 2. The number of amides is 1. The van der Waals surface area contributed by atoms with E-state index in [0.29, 0.717) is 12.3 Å². The van der Waals surface area contributed by atoms with Crippen LogP contribution < -0.4 is 5.32 Å². The number of anilines is 1. The predicted molar refractivity (Wildman–Crippen MR) is 110 cm³/mol. The molecule has 28 heavy (non-hydrogen) atoms. The van der Waals surface area contributed by atoms with Crippen molar-refractivity contribution in [3.8, 4) is 0 Å². The van der Waals surface area contributed by atoms with Crippen LogP contribution in [-0.4, -0.2) is 28.0 Å². The Bertz CT molecular complexity index is 1000. The first-order chi connectivity index (χ1) is 13.6. The molecule has 0 fully saturated rings. The molecule has 144 valence electrons. The fourth-order valence-electron chi connectivity index (χ4n) is 2.95. The number of aromatic nitrogens is 2. The summed E-state index contributed by atoms with van der Waals surface area (Å²) in [5, 5.41) is 2.91. The minimum absolute atomic E-state index is 0.118. The molecule has 1 heterocycles. The highest BCUT2D eigenvalue weighted by molar-refractivity contribution is 5.92. The highest BCUT2D eigenvalue weighted by atomic mass is 16.5. The molecule has 3 rings (SSSR count). The summed E-state index contributed by atoms with van der Waals surface area (Å²) in [6, 6.07) is 15.1. The first-order valence-electron chi connectivity index (χ1n) is 9.29. The Morgan fingerprint density at radius 3 is 2.57 bits per heavy atom. The van der Waals surface area contributed by atoms with E-state index in [1.807, 2.05) is 47.9 Å². The van der Waals surface area contributed by atoms with Gasteiger partial charge in [0.2, 0.25) is 5.91 Å². The number of nitrogens with zero attached hydrogens (tertiary/aromatic N) is 2. The topological polar surface area (TPSA) is 73.2 Å². The molecule has 0 saturated heterocycles. The van der Waals surface area contributed by atoms with Crippen molar-refractivity contribution >= 4 is 34.7 Å². The number of carbonyl (C=O) groups is 2. The van der Waals surface area contributed by atoms with Crippen LogP contribution in [0.3, 0.4) is 0 Å². The quantitative estimate of drug-likeness (QED) is 0.502. The highest BCUT2D eigenvalue weighted by Gasteiger charge is 2.12. The summed E-state index contributed by atoms with van der Waals surface area (Å²) in [5.41, 5.74) is 3.39. The lowest BCUT2D eigenvalue weighted by Crippen LogP contribution is -2.20. The number of para-hydroxylation sites is 2. The van der Waals surface area contributed by atoms with E-state index in [1.54, 1.807) is 25.1 Å². The third-order valence-corrected chi connectivity index (χ3v) is 4.24. The van der Waals surface area contributed by atoms with Crippen molar-refractivity contribution in [3.05, 3.63) is 66.0 Å². The van der Waals surface area contributed by atoms with Crippen LogP contribution in [0.4, 0.5) is 5.69 Å². The number of hydrogen-bond donors (Lipinski definition) is 1. The highest BCUT2D eigenvalue weighted by Crippen LogP contribution is 2.17. The van der Waals surface area contributed by atoms with E-state index in [-0.39, 0.29) is 18.4 Å². The smallest absolute Gasteiger partial charge is 0.330 e. The monoisotopic (exact) mass is 377 g/mol. The van der Waals surface area contributed by atoms with Crippen LogP contribution in [0.25, 0.3) is 17.1 Å². The van der Waals surface area contributed by atoms with Crippen LogP contribution in [0.1, 0.15) is 25.2 Å². The van der Waals surface area contributed by atoms with E-state index in [2.05, 4.69) is 10.3 Å². The second-order valence-electron chi connectivity index (χ2n) is 6.21. The minimum atomic E-state index is -0.376. The molecule has 0 saturated carbocycles. The lowest BCUT2D eigenvalue weighted by molar-refractivity contribution is -0.137. The number of ether oxygens (including phenoxy) is 1. The molecule has 1 amide bonds. The van der Waals surface area contributed by atoms with Crippen molar-refractivity contribution in [3.63, 3.8) is 0 Å². The van der Waals surface area contributed by atoms with E-state index >= 15 is 0 Å². The van der Waals surface area contributed by atoms with Gasteiger partial charge in [-0.25, -0.2) is 9.78 Å². The molecular formula is C22H23N3O3. The van der Waals surface area contributed by atoms with Crippen LogP contribution >= 0.6 is 0 Å². The van der Waals surface area contributed by atoms with E-state index in [0.717, 1.165) is 28.8 Å². The first kappa shape index (κ1) is 19.4. The Hall–Kier alpha value is -3.41. The Morgan fingerprint density at radius 2 is 1.86 bits per heavy atom. The normalized spacial score (nSPS) is 11.1. The number of rotatable bonds is 7. The summed E-state index contributed by atoms with van der Waals surface area (Å²) in [4.78, 5) is 28.5. The molecule has 3 aromatic rings. The molecule has 6 nitrogen and oxygen atoms in total. The minimum Gasteiger partial charge on any atom is -0.463 e. The maximum absolute atomic E-state index is 12.5. The lowest BCUT2D eigenvalue weighted by Gasteiger charge is -2.09. The van der Waals surface area contributed by atoms with Gasteiger partial charge in [0, 0.05) is 18.2 Å². The molecule has 0 unspecified atom stereocenters. The SMILES string of the molecule is CCOC(=O)/C=C/c1ccc(NC(=O)Cn2c(CC)nc3ccccc32)cc1. The van der Waals surface area contributed by atoms with Crippen molar-refractivity contribution in [1.82, 2.24) is 9.55 Å². The number of aryl methyl sites for hydroxylation is 1. The fraction of sp³-hybridized carbons (Fsp3) is 0.227. The van der Waals surface area contributed by atoms with Crippen molar-refractivity contribution < 1.29 is 14.3 Å². The summed E-state index contributed by atoms with van der Waals surface area (Å²) in [7, 11) is 0. The third-order valence-electron chi connectivity index (χ3n) is 4.24. The van der Waals surface area contributed by atoms with E-state index < -0.39 is 0 Å². The second-order valence-corrected chi connectivity index (χ2v) is 6.21. The Morgan fingerprint density at radius 1 is 1.11 bits per heavy atom. The number of fused-ring (bicyclic) bond motifs is 1. The summed E-state index contributed by atoms with van der Waals surface area (Å²) < 4.78 is 6.79. The van der Waals surface area contributed by atoms with Gasteiger partial charge in [0.05, 0.1) is 17.6 Å². The van der Waals surface area contributed by atoms with Gasteiger partial charge in [0.1, 0.15) is 12.4 Å². The number of imidazole rings is 1. The molecule has 0 bridgehead atoms. The van der Waals surface area contributed by atoms with Gasteiger partial charge >= 0.3 is 5.97 Å². The number of esters is 1. The van der Waals surface area contributed by atoms with Crippen molar-refractivity contribution in [2.24, 2.45) is 0 Å². The molecule has 2 aromatic carbocycles. The zero-order chi connectivity index (χ0) is 19.9. The molecule has 0 spiro atoms. The first-order valence-corrected chi connectivity index (χ1v) is 9.29. The van der Waals surface area contributed by atoms with E-state index in [9.17, 15) is 9.59 Å². The van der Waals surface area contributed by atoms with Gasteiger partial charge in [-0.05, 0) is 42.8 Å². The van der Waals surface area contributed by atoms with Gasteiger partial charge in [-0.1, -0.05) is 31.2 Å².